The number of rotatable bonds is 7. The first kappa shape index (κ1) is 20.4. The molecule has 2 unspecified atom stereocenters. The summed E-state index contributed by atoms with van der Waals surface area (Å²) in [6, 6.07) is 13.0. The summed E-state index contributed by atoms with van der Waals surface area (Å²) in [5, 5.41) is 4.69. The van der Waals surface area contributed by atoms with Crippen LogP contribution >= 0.6 is 0 Å². The molecule has 1 aliphatic rings. The third-order valence-electron chi connectivity index (χ3n) is 5.98. The Morgan fingerprint density at radius 3 is 2.53 bits per heavy atom. The molecule has 0 radical (unpaired) electrons. The molecule has 0 saturated heterocycles. The summed E-state index contributed by atoms with van der Waals surface area (Å²) in [4.78, 5) is 11.3. The summed E-state index contributed by atoms with van der Waals surface area (Å²) in [6.07, 6.45) is 4.99. The third-order valence-corrected chi connectivity index (χ3v) is 5.98. The van der Waals surface area contributed by atoms with Crippen molar-refractivity contribution in [1.29, 1.82) is 0 Å². The van der Waals surface area contributed by atoms with E-state index < -0.39 is 0 Å². The Bertz CT molecular complexity index is 1020. The van der Waals surface area contributed by atoms with Gasteiger partial charge in [-0.25, -0.2) is 9.97 Å². The summed E-state index contributed by atoms with van der Waals surface area (Å²) < 4.78 is 10.9. The maximum Gasteiger partial charge on any atom is 0.162 e. The van der Waals surface area contributed by atoms with E-state index in [0.717, 1.165) is 36.1 Å². The highest BCUT2D eigenvalue weighted by Gasteiger charge is 2.27. The van der Waals surface area contributed by atoms with Crippen molar-refractivity contribution in [1.82, 2.24) is 14.9 Å². The Kier molecular flexibility index (Phi) is 6.04. The SMILES string of the molecule is COc1cc2ncnc(NC(CN(C)C)C3CCc4ccccc4C3)c2cc1OC. The van der Waals surface area contributed by atoms with Crippen molar-refractivity contribution in [3.05, 3.63) is 53.9 Å². The lowest BCUT2D eigenvalue weighted by atomic mass is 9.80. The lowest BCUT2D eigenvalue weighted by molar-refractivity contribution is 0.303. The number of anilines is 1. The number of aryl methyl sites for hydroxylation is 1. The van der Waals surface area contributed by atoms with Crippen molar-refractivity contribution in [2.24, 2.45) is 5.92 Å². The molecule has 0 fully saturated rings. The van der Waals surface area contributed by atoms with E-state index in [1.165, 1.54) is 17.5 Å². The highest BCUT2D eigenvalue weighted by Crippen LogP contribution is 2.35. The highest BCUT2D eigenvalue weighted by molar-refractivity contribution is 5.91. The molecule has 4 rings (SSSR count). The predicted octanol–water partition coefficient (Wildman–Crippen LogP) is 3.79. The Hall–Kier alpha value is -2.86. The van der Waals surface area contributed by atoms with Crippen LogP contribution in [0.3, 0.4) is 0 Å². The van der Waals surface area contributed by atoms with Crippen molar-refractivity contribution >= 4 is 16.7 Å². The standard InChI is InChI=1S/C24H30N4O2/c1-28(2)14-21(18-10-9-16-7-5-6-8-17(16)11-18)27-24-19-12-22(29-3)23(30-4)13-20(19)25-15-26-24/h5-8,12-13,15,18,21H,9-11,14H2,1-4H3,(H,25,26,27). The molecular formula is C24H30N4O2. The average Bonchev–Trinajstić information content (AvgIpc) is 2.77. The highest BCUT2D eigenvalue weighted by atomic mass is 16.5. The van der Waals surface area contributed by atoms with Crippen LogP contribution in [0.25, 0.3) is 10.9 Å². The normalized spacial score (nSPS) is 16.9. The molecule has 0 bridgehead atoms. The first-order chi connectivity index (χ1) is 14.6. The second-order valence-electron chi connectivity index (χ2n) is 8.23. The number of nitrogens with zero attached hydrogens (tertiary/aromatic N) is 3. The van der Waals surface area contributed by atoms with Gasteiger partial charge in [-0.1, -0.05) is 24.3 Å². The number of nitrogens with one attached hydrogen (secondary N) is 1. The fraction of sp³-hybridized carbons (Fsp3) is 0.417. The lowest BCUT2D eigenvalue weighted by Gasteiger charge is -2.34. The summed E-state index contributed by atoms with van der Waals surface area (Å²) in [7, 11) is 7.53. The van der Waals surface area contributed by atoms with Gasteiger partial charge in [-0.15, -0.1) is 0 Å². The molecular weight excluding hydrogens is 376 g/mol. The zero-order chi connectivity index (χ0) is 21.1. The fourth-order valence-corrected chi connectivity index (χ4v) is 4.45. The van der Waals surface area contributed by atoms with Gasteiger partial charge in [0.25, 0.3) is 0 Å². The van der Waals surface area contributed by atoms with Gasteiger partial charge in [-0.05, 0) is 56.5 Å². The molecule has 1 aliphatic carbocycles. The van der Waals surface area contributed by atoms with E-state index in [1.54, 1.807) is 20.5 Å². The summed E-state index contributed by atoms with van der Waals surface area (Å²) in [5.41, 5.74) is 3.79. The molecule has 1 aromatic heterocycles. The van der Waals surface area contributed by atoms with Crippen LogP contribution in [-0.4, -0.2) is 55.8 Å². The van der Waals surface area contributed by atoms with Crippen molar-refractivity contribution < 1.29 is 9.47 Å². The monoisotopic (exact) mass is 406 g/mol. The van der Waals surface area contributed by atoms with Crippen LogP contribution in [-0.2, 0) is 12.8 Å². The molecule has 2 atom stereocenters. The molecule has 0 spiro atoms. The van der Waals surface area contributed by atoms with Crippen molar-refractivity contribution in [2.75, 3.05) is 40.2 Å². The van der Waals surface area contributed by atoms with Crippen LogP contribution < -0.4 is 14.8 Å². The zero-order valence-electron chi connectivity index (χ0n) is 18.2. The first-order valence-electron chi connectivity index (χ1n) is 10.4. The fourth-order valence-electron chi connectivity index (χ4n) is 4.45. The summed E-state index contributed by atoms with van der Waals surface area (Å²) in [5.74, 6) is 2.72. The van der Waals surface area contributed by atoms with Crippen molar-refractivity contribution in [2.45, 2.75) is 25.3 Å². The van der Waals surface area contributed by atoms with Gasteiger partial charge in [0, 0.05) is 24.0 Å². The third kappa shape index (κ3) is 4.19. The maximum atomic E-state index is 5.51. The van der Waals surface area contributed by atoms with Gasteiger partial charge in [0.05, 0.1) is 19.7 Å². The van der Waals surface area contributed by atoms with Gasteiger partial charge in [-0.2, -0.15) is 0 Å². The largest absolute Gasteiger partial charge is 0.493 e. The molecule has 0 amide bonds. The summed E-state index contributed by atoms with van der Waals surface area (Å²) in [6.45, 7) is 0.936. The van der Waals surface area contributed by atoms with Crippen LogP contribution in [0.2, 0.25) is 0 Å². The number of hydrogen-bond acceptors (Lipinski definition) is 6. The van der Waals surface area contributed by atoms with E-state index in [1.807, 2.05) is 12.1 Å². The number of likely N-dealkylation sites (N-methyl/N-ethyl adjacent to an activating group) is 1. The molecule has 3 aromatic rings. The van der Waals surface area contributed by atoms with E-state index in [2.05, 4.69) is 58.5 Å². The quantitative estimate of drug-likeness (QED) is 0.644. The molecule has 2 aromatic carbocycles. The molecule has 6 heteroatoms. The van der Waals surface area contributed by atoms with Crippen LogP contribution in [0.5, 0.6) is 11.5 Å². The minimum atomic E-state index is 0.277. The van der Waals surface area contributed by atoms with Gasteiger partial charge in [0.1, 0.15) is 12.1 Å². The van der Waals surface area contributed by atoms with Crippen LogP contribution in [0.1, 0.15) is 17.5 Å². The Labute approximate surface area is 178 Å². The van der Waals surface area contributed by atoms with Crippen LogP contribution in [0.4, 0.5) is 5.82 Å². The predicted molar refractivity (Wildman–Crippen MR) is 121 cm³/mol. The smallest absolute Gasteiger partial charge is 0.162 e. The van der Waals surface area contributed by atoms with E-state index in [0.29, 0.717) is 17.4 Å². The van der Waals surface area contributed by atoms with E-state index in [4.69, 9.17) is 9.47 Å². The first-order valence-corrected chi connectivity index (χ1v) is 10.4. The number of aromatic nitrogens is 2. The van der Waals surface area contributed by atoms with Gasteiger partial charge in [0.15, 0.2) is 11.5 Å². The Morgan fingerprint density at radius 2 is 1.80 bits per heavy atom. The van der Waals surface area contributed by atoms with Gasteiger partial charge >= 0.3 is 0 Å². The molecule has 158 valence electrons. The summed E-state index contributed by atoms with van der Waals surface area (Å²) >= 11 is 0. The van der Waals surface area contributed by atoms with Gasteiger partial charge < -0.3 is 19.7 Å². The lowest BCUT2D eigenvalue weighted by Crippen LogP contribution is -2.41. The Morgan fingerprint density at radius 1 is 1.07 bits per heavy atom. The topological polar surface area (TPSA) is 59.5 Å². The van der Waals surface area contributed by atoms with Gasteiger partial charge in [0.2, 0.25) is 0 Å². The molecule has 0 saturated carbocycles. The maximum absolute atomic E-state index is 5.51. The van der Waals surface area contributed by atoms with Crippen LogP contribution in [0, 0.1) is 5.92 Å². The van der Waals surface area contributed by atoms with Gasteiger partial charge in [-0.3, -0.25) is 0 Å². The average molecular weight is 407 g/mol. The number of fused-ring (bicyclic) bond motifs is 2. The van der Waals surface area contributed by atoms with E-state index in [9.17, 15) is 0 Å². The minimum absolute atomic E-state index is 0.277. The number of hydrogen-bond donors (Lipinski definition) is 1. The van der Waals surface area contributed by atoms with Crippen molar-refractivity contribution in [3.8, 4) is 11.5 Å². The van der Waals surface area contributed by atoms with E-state index >= 15 is 0 Å². The molecule has 1 heterocycles. The second kappa shape index (κ2) is 8.88. The molecule has 6 nitrogen and oxygen atoms in total. The van der Waals surface area contributed by atoms with Crippen LogP contribution in [0.15, 0.2) is 42.7 Å². The van der Waals surface area contributed by atoms with E-state index in [-0.39, 0.29) is 6.04 Å². The zero-order valence-corrected chi connectivity index (χ0v) is 18.2. The van der Waals surface area contributed by atoms with Crippen molar-refractivity contribution in [3.63, 3.8) is 0 Å². The second-order valence-corrected chi connectivity index (χ2v) is 8.23. The Balaban J connectivity index is 1.66. The number of methoxy groups -OCH3 is 2. The minimum Gasteiger partial charge on any atom is -0.493 e. The number of benzene rings is 2. The molecule has 30 heavy (non-hydrogen) atoms. The molecule has 0 aliphatic heterocycles. The number of ether oxygens (including phenoxy) is 2. The molecule has 1 N–H and O–H groups in total.